The van der Waals surface area contributed by atoms with Crippen molar-refractivity contribution in [2.75, 3.05) is 19.6 Å². The Morgan fingerprint density at radius 3 is 2.48 bits per heavy atom. The van der Waals surface area contributed by atoms with Crippen molar-refractivity contribution in [2.45, 2.75) is 58.8 Å². The summed E-state index contributed by atoms with van der Waals surface area (Å²) in [5.74, 6) is -0.771. The Morgan fingerprint density at radius 2 is 1.95 bits per heavy atom. The van der Waals surface area contributed by atoms with E-state index in [-0.39, 0.29) is 6.03 Å². The second kappa shape index (κ2) is 6.24. The van der Waals surface area contributed by atoms with E-state index in [1.165, 1.54) is 19.3 Å². The van der Waals surface area contributed by atoms with Crippen molar-refractivity contribution in [2.24, 2.45) is 10.8 Å². The first-order valence-corrected chi connectivity index (χ1v) is 8.23. The number of likely N-dealkylation sites (tertiary alicyclic amines) is 1. The number of amides is 2. The van der Waals surface area contributed by atoms with Gasteiger partial charge >= 0.3 is 12.0 Å². The van der Waals surface area contributed by atoms with Gasteiger partial charge in [-0.05, 0) is 43.9 Å². The Labute approximate surface area is 127 Å². The summed E-state index contributed by atoms with van der Waals surface area (Å²) in [7, 11) is 0. The minimum atomic E-state index is -0.771. The van der Waals surface area contributed by atoms with E-state index in [4.69, 9.17) is 0 Å². The molecule has 1 heterocycles. The maximum atomic E-state index is 12.3. The summed E-state index contributed by atoms with van der Waals surface area (Å²) in [5.41, 5.74) is -0.425. The lowest BCUT2D eigenvalue weighted by Gasteiger charge is -2.39. The fourth-order valence-corrected chi connectivity index (χ4v) is 3.52. The highest BCUT2D eigenvalue weighted by Gasteiger charge is 2.44. The lowest BCUT2D eigenvalue weighted by Crippen LogP contribution is -2.53. The van der Waals surface area contributed by atoms with Crippen molar-refractivity contribution in [3.05, 3.63) is 0 Å². The topological polar surface area (TPSA) is 69.6 Å². The molecule has 2 N–H and O–H groups in total. The molecular weight excluding hydrogens is 268 g/mol. The third-order valence-electron chi connectivity index (χ3n) is 5.35. The van der Waals surface area contributed by atoms with Gasteiger partial charge in [0, 0.05) is 19.6 Å². The number of carbonyl (C=O) groups excluding carboxylic acids is 1. The summed E-state index contributed by atoms with van der Waals surface area (Å²) >= 11 is 0. The number of aliphatic carboxylic acids is 1. The average molecular weight is 296 g/mol. The summed E-state index contributed by atoms with van der Waals surface area (Å²) < 4.78 is 0. The molecular formula is C16H28N2O3. The van der Waals surface area contributed by atoms with Crippen molar-refractivity contribution in [3.8, 4) is 0 Å². The molecule has 1 aliphatic heterocycles. The Morgan fingerprint density at radius 1 is 1.24 bits per heavy atom. The first-order valence-electron chi connectivity index (χ1n) is 8.23. The molecule has 1 unspecified atom stereocenters. The van der Waals surface area contributed by atoms with Gasteiger partial charge in [-0.25, -0.2) is 4.79 Å². The summed E-state index contributed by atoms with van der Waals surface area (Å²) in [4.78, 5) is 25.6. The Bertz CT molecular complexity index is 406. The molecule has 0 radical (unpaired) electrons. The number of piperidine rings is 1. The summed E-state index contributed by atoms with van der Waals surface area (Å²) in [5, 5.41) is 12.5. The van der Waals surface area contributed by atoms with E-state index >= 15 is 0 Å². The number of carboxylic acid groups (broad SMARTS) is 1. The molecule has 1 atom stereocenters. The second-order valence-electron chi connectivity index (χ2n) is 6.87. The fraction of sp³-hybridized carbons (Fsp3) is 0.875. The highest BCUT2D eigenvalue weighted by Crippen LogP contribution is 2.49. The van der Waals surface area contributed by atoms with Crippen molar-refractivity contribution in [1.29, 1.82) is 0 Å². The number of rotatable bonds is 6. The Hall–Kier alpha value is -1.26. The van der Waals surface area contributed by atoms with E-state index in [0.29, 0.717) is 31.3 Å². The zero-order valence-electron chi connectivity index (χ0n) is 13.3. The van der Waals surface area contributed by atoms with Gasteiger partial charge in [0.1, 0.15) is 0 Å². The Kier molecular flexibility index (Phi) is 4.79. The first-order chi connectivity index (χ1) is 9.97. The van der Waals surface area contributed by atoms with E-state index < -0.39 is 11.4 Å². The molecule has 0 aromatic rings. The van der Waals surface area contributed by atoms with Gasteiger partial charge in [0.05, 0.1) is 5.41 Å². The molecule has 1 saturated heterocycles. The quantitative estimate of drug-likeness (QED) is 0.792. The van der Waals surface area contributed by atoms with Crippen LogP contribution in [0.2, 0.25) is 0 Å². The van der Waals surface area contributed by atoms with Crippen LogP contribution in [0.15, 0.2) is 0 Å². The number of hydrogen-bond acceptors (Lipinski definition) is 2. The molecule has 0 aromatic carbocycles. The predicted octanol–water partition coefficient (Wildman–Crippen LogP) is 2.85. The van der Waals surface area contributed by atoms with Crippen molar-refractivity contribution in [3.63, 3.8) is 0 Å². The minimum absolute atomic E-state index is 0.0869. The van der Waals surface area contributed by atoms with E-state index in [1.54, 1.807) is 4.90 Å². The number of nitrogens with zero attached hydrogens (tertiary/aromatic N) is 1. The van der Waals surface area contributed by atoms with Gasteiger partial charge in [0.25, 0.3) is 0 Å². The molecule has 2 fully saturated rings. The predicted molar refractivity (Wildman–Crippen MR) is 81.1 cm³/mol. The molecule has 0 spiro atoms. The molecule has 1 saturated carbocycles. The van der Waals surface area contributed by atoms with Crippen LogP contribution in [0.5, 0.6) is 0 Å². The lowest BCUT2D eigenvalue weighted by molar-refractivity contribution is -0.152. The lowest BCUT2D eigenvalue weighted by atomic mass is 9.78. The number of urea groups is 1. The van der Waals surface area contributed by atoms with Crippen LogP contribution in [-0.4, -0.2) is 41.6 Å². The fourth-order valence-electron chi connectivity index (χ4n) is 3.52. The zero-order chi connectivity index (χ0) is 15.5. The van der Waals surface area contributed by atoms with Gasteiger partial charge in [-0.2, -0.15) is 0 Å². The standard InChI is InChI=1S/C16H28N2O3/c1-3-6-15(8-9-15)11-17-14(21)18-10-5-7-16(4-2,12-18)13(19)20/h3-12H2,1-2H3,(H,17,21)(H,19,20). The molecule has 2 aliphatic rings. The third kappa shape index (κ3) is 3.50. The summed E-state index contributed by atoms with van der Waals surface area (Å²) in [6.07, 6.45) is 6.74. The second-order valence-corrected chi connectivity index (χ2v) is 6.87. The van der Waals surface area contributed by atoms with Gasteiger partial charge in [0.2, 0.25) is 0 Å². The highest BCUT2D eigenvalue weighted by atomic mass is 16.4. The number of carboxylic acids is 1. The van der Waals surface area contributed by atoms with Gasteiger partial charge in [0.15, 0.2) is 0 Å². The smallest absolute Gasteiger partial charge is 0.317 e. The van der Waals surface area contributed by atoms with Crippen LogP contribution in [0, 0.1) is 10.8 Å². The normalized spacial score (nSPS) is 27.2. The SMILES string of the molecule is CCCC1(CNC(=O)N2CCCC(CC)(C(=O)O)C2)CC1. The van der Waals surface area contributed by atoms with Crippen LogP contribution in [0.3, 0.4) is 0 Å². The minimum Gasteiger partial charge on any atom is -0.481 e. The first kappa shape index (κ1) is 16.1. The summed E-state index contributed by atoms with van der Waals surface area (Å²) in [6.45, 7) is 5.82. The molecule has 5 nitrogen and oxygen atoms in total. The third-order valence-corrected chi connectivity index (χ3v) is 5.35. The zero-order valence-corrected chi connectivity index (χ0v) is 13.3. The van der Waals surface area contributed by atoms with Crippen LogP contribution >= 0.6 is 0 Å². The van der Waals surface area contributed by atoms with Crippen molar-refractivity contribution in [1.82, 2.24) is 10.2 Å². The summed E-state index contributed by atoms with van der Waals surface area (Å²) in [6, 6.07) is -0.0869. The van der Waals surface area contributed by atoms with E-state index in [9.17, 15) is 14.7 Å². The van der Waals surface area contributed by atoms with Crippen LogP contribution in [0.1, 0.15) is 58.8 Å². The maximum absolute atomic E-state index is 12.3. The van der Waals surface area contributed by atoms with Gasteiger partial charge in [-0.1, -0.05) is 20.3 Å². The van der Waals surface area contributed by atoms with Crippen molar-refractivity contribution >= 4 is 12.0 Å². The number of hydrogen-bond donors (Lipinski definition) is 2. The number of carbonyl (C=O) groups is 2. The number of nitrogens with one attached hydrogen (secondary N) is 1. The average Bonchev–Trinajstić information content (AvgIpc) is 3.25. The molecule has 21 heavy (non-hydrogen) atoms. The molecule has 0 bridgehead atoms. The van der Waals surface area contributed by atoms with E-state index in [1.807, 2.05) is 6.92 Å². The van der Waals surface area contributed by atoms with Crippen LogP contribution in [0.4, 0.5) is 4.79 Å². The van der Waals surface area contributed by atoms with Crippen LogP contribution in [-0.2, 0) is 4.79 Å². The molecule has 5 heteroatoms. The van der Waals surface area contributed by atoms with Crippen molar-refractivity contribution < 1.29 is 14.7 Å². The molecule has 2 rings (SSSR count). The van der Waals surface area contributed by atoms with Crippen LogP contribution < -0.4 is 5.32 Å². The van der Waals surface area contributed by atoms with E-state index in [2.05, 4.69) is 12.2 Å². The highest BCUT2D eigenvalue weighted by molar-refractivity contribution is 5.78. The maximum Gasteiger partial charge on any atom is 0.317 e. The van der Waals surface area contributed by atoms with Crippen LogP contribution in [0.25, 0.3) is 0 Å². The molecule has 1 aliphatic carbocycles. The van der Waals surface area contributed by atoms with Gasteiger partial charge in [-0.15, -0.1) is 0 Å². The van der Waals surface area contributed by atoms with Gasteiger partial charge in [-0.3, -0.25) is 4.79 Å². The van der Waals surface area contributed by atoms with E-state index in [0.717, 1.165) is 19.4 Å². The molecule has 2 amide bonds. The largest absolute Gasteiger partial charge is 0.481 e. The monoisotopic (exact) mass is 296 g/mol. The molecule has 0 aromatic heterocycles. The van der Waals surface area contributed by atoms with Gasteiger partial charge < -0.3 is 15.3 Å². The Balaban J connectivity index is 1.89. The molecule has 120 valence electrons.